The number of benzene rings is 2. The van der Waals surface area contributed by atoms with Gasteiger partial charge in [0.2, 0.25) is 0 Å². The number of alkyl halides is 1. The van der Waals surface area contributed by atoms with Crippen LogP contribution >= 0.6 is 32.0 Å². The minimum Gasteiger partial charge on any atom is -0.0543 e. The maximum absolute atomic E-state index is 14.0. The molecule has 8 heteroatoms. The molecule has 0 saturated heterocycles. The fraction of sp³-hybridized carbons (Fsp3) is 0.125. The fourth-order valence-corrected chi connectivity index (χ4v) is 5.61. The van der Waals surface area contributed by atoms with Crippen LogP contribution in [0.3, 0.4) is 0 Å². The normalized spacial score (nSPS) is 14.7. The Kier molecular flexibility index (Phi) is 6.80. The van der Waals surface area contributed by atoms with Crippen molar-refractivity contribution in [3.05, 3.63) is 91.5 Å². The second kappa shape index (κ2) is 9.74. The van der Waals surface area contributed by atoms with Crippen molar-refractivity contribution in [1.82, 2.24) is 9.88 Å². The molecule has 0 fully saturated rings. The van der Waals surface area contributed by atoms with E-state index in [4.69, 9.17) is 12.2 Å². The number of allylic oxidation sites excluding steroid dienone is 3. The van der Waals surface area contributed by atoms with Gasteiger partial charge in [-0.3, -0.25) is 0 Å². The monoisotopic (exact) mass is 560 g/mol. The SMILES string of the molecule is Cc1cccc(Cn2c(O)c(N=NC(=S)NC3=CC=CI(C)C=C3)c3cc(F)ccc32)c1. The van der Waals surface area contributed by atoms with E-state index in [1.807, 2.05) is 49.4 Å². The van der Waals surface area contributed by atoms with Crippen molar-refractivity contribution in [2.45, 2.75) is 13.5 Å². The zero-order valence-corrected chi connectivity index (χ0v) is 20.6. The van der Waals surface area contributed by atoms with Crippen molar-refractivity contribution in [3.63, 3.8) is 0 Å². The van der Waals surface area contributed by atoms with E-state index in [-0.39, 0.29) is 16.7 Å². The number of hydrogen-bond donors (Lipinski definition) is 2. The molecular formula is C24H22FIN4OS. The van der Waals surface area contributed by atoms with E-state index in [1.54, 1.807) is 10.6 Å². The summed E-state index contributed by atoms with van der Waals surface area (Å²) in [5.74, 6) is -0.502. The number of hydrogen-bond acceptors (Lipinski definition) is 3. The standard InChI is InChI=1S/C24H22FIN4OS/c1-16-5-3-6-17(13-16)15-30-21-9-8-18(25)14-20(21)22(23(30)31)28-29-24(32)27-19-7-4-11-26(2)12-10-19/h3-14,31H,15H2,1-2H3,(H,27,32). The maximum atomic E-state index is 14.0. The van der Waals surface area contributed by atoms with Crippen LogP contribution in [-0.2, 0) is 6.54 Å². The van der Waals surface area contributed by atoms with Gasteiger partial charge >= 0.3 is 162 Å². The Labute approximate surface area is 198 Å². The van der Waals surface area contributed by atoms with Gasteiger partial charge in [0, 0.05) is 0 Å². The van der Waals surface area contributed by atoms with E-state index in [9.17, 15) is 9.50 Å². The van der Waals surface area contributed by atoms with Gasteiger partial charge in [-0.1, -0.05) is 29.8 Å². The molecule has 1 aromatic heterocycles. The first kappa shape index (κ1) is 22.3. The molecule has 0 saturated carbocycles. The van der Waals surface area contributed by atoms with Crippen LogP contribution in [0.1, 0.15) is 11.1 Å². The molecule has 1 aliphatic heterocycles. The van der Waals surface area contributed by atoms with Crippen LogP contribution in [0.4, 0.5) is 10.1 Å². The summed E-state index contributed by atoms with van der Waals surface area (Å²) in [7, 11) is 0. The molecule has 2 heterocycles. The van der Waals surface area contributed by atoms with Crippen LogP contribution in [0.5, 0.6) is 5.88 Å². The number of aromatic nitrogens is 1. The van der Waals surface area contributed by atoms with Gasteiger partial charge in [-0.05, 0) is 6.92 Å². The van der Waals surface area contributed by atoms with Crippen molar-refractivity contribution in [3.8, 4) is 5.88 Å². The summed E-state index contributed by atoms with van der Waals surface area (Å²) in [5, 5.41) is 22.9. The third kappa shape index (κ3) is 5.13. The summed E-state index contributed by atoms with van der Waals surface area (Å²) < 4.78 is 20.1. The molecular weight excluding hydrogens is 538 g/mol. The average molecular weight is 560 g/mol. The van der Waals surface area contributed by atoms with Crippen LogP contribution in [0.2, 0.25) is 0 Å². The summed E-state index contributed by atoms with van der Waals surface area (Å²) in [4.78, 5) is 2.24. The third-order valence-corrected chi connectivity index (χ3v) is 8.10. The number of rotatable bonds is 4. The number of nitrogens with one attached hydrogen (secondary N) is 1. The molecule has 0 unspecified atom stereocenters. The molecule has 0 spiro atoms. The van der Waals surface area contributed by atoms with Gasteiger partial charge in [0.1, 0.15) is 0 Å². The Morgan fingerprint density at radius 1 is 1.22 bits per heavy atom. The van der Waals surface area contributed by atoms with Crippen molar-refractivity contribution < 1.29 is 9.50 Å². The van der Waals surface area contributed by atoms with E-state index < -0.39 is 25.6 Å². The molecule has 1 aliphatic rings. The minimum atomic E-state index is -1.15. The molecule has 164 valence electrons. The number of halogens is 2. The number of fused-ring (bicyclic) bond motifs is 1. The van der Waals surface area contributed by atoms with Gasteiger partial charge in [-0.2, -0.15) is 0 Å². The van der Waals surface area contributed by atoms with E-state index in [0.29, 0.717) is 17.4 Å². The van der Waals surface area contributed by atoms with E-state index >= 15 is 0 Å². The molecule has 0 atom stereocenters. The van der Waals surface area contributed by atoms with Gasteiger partial charge in [0.25, 0.3) is 0 Å². The third-order valence-electron chi connectivity index (χ3n) is 4.88. The predicted octanol–water partition coefficient (Wildman–Crippen LogP) is 6.86. The smallest absolute Gasteiger partial charge is 0.0543 e. The van der Waals surface area contributed by atoms with Gasteiger partial charge in [-0.25, -0.2) is 0 Å². The second-order valence-corrected chi connectivity index (χ2v) is 12.4. The van der Waals surface area contributed by atoms with Gasteiger partial charge in [0.05, 0.1) is 0 Å². The Morgan fingerprint density at radius 3 is 2.88 bits per heavy atom. The molecule has 0 radical (unpaired) electrons. The second-order valence-electron chi connectivity index (χ2n) is 7.33. The number of azo groups is 1. The van der Waals surface area contributed by atoms with Crippen LogP contribution in [-0.4, -0.2) is 19.7 Å². The molecule has 3 aromatic rings. The molecule has 2 N–H and O–H groups in total. The predicted molar refractivity (Wildman–Crippen MR) is 140 cm³/mol. The summed E-state index contributed by atoms with van der Waals surface area (Å²) in [5.41, 5.74) is 3.81. The molecule has 5 nitrogen and oxygen atoms in total. The van der Waals surface area contributed by atoms with E-state index in [1.165, 1.54) is 12.1 Å². The Bertz CT molecular complexity index is 1310. The molecule has 0 aliphatic carbocycles. The fourth-order valence-electron chi connectivity index (χ4n) is 3.39. The average Bonchev–Trinajstić information content (AvgIpc) is 2.87. The topological polar surface area (TPSA) is 61.9 Å². The maximum Gasteiger partial charge on any atom is -0.0543 e. The largest absolute Gasteiger partial charge is 0.0543 e. The quantitative estimate of drug-likeness (QED) is 0.159. The van der Waals surface area contributed by atoms with Crippen molar-refractivity contribution in [2.75, 3.05) is 4.93 Å². The van der Waals surface area contributed by atoms with Crippen LogP contribution in [0.25, 0.3) is 10.9 Å². The Morgan fingerprint density at radius 2 is 2.06 bits per heavy atom. The molecule has 4 rings (SSSR count). The zero-order chi connectivity index (χ0) is 22.7. The Balaban J connectivity index is 1.65. The Hall–Kier alpha value is -2.85. The zero-order valence-electron chi connectivity index (χ0n) is 17.6. The summed E-state index contributed by atoms with van der Waals surface area (Å²) in [6.45, 7) is 2.43. The van der Waals surface area contributed by atoms with Crippen LogP contribution in [0, 0.1) is 12.7 Å². The molecule has 0 bridgehead atoms. The number of aromatic hydroxyl groups is 1. The van der Waals surface area contributed by atoms with Crippen molar-refractivity contribution in [2.24, 2.45) is 10.2 Å². The van der Waals surface area contributed by atoms with Gasteiger partial charge in [-0.15, -0.1) is 0 Å². The van der Waals surface area contributed by atoms with E-state index in [0.717, 1.165) is 16.8 Å². The molecule has 32 heavy (non-hydrogen) atoms. The van der Waals surface area contributed by atoms with E-state index in [2.05, 4.69) is 28.6 Å². The van der Waals surface area contributed by atoms with Crippen molar-refractivity contribution in [1.29, 1.82) is 0 Å². The number of thiocarbonyl (C=S) groups is 1. The first-order chi connectivity index (χ1) is 15.4. The first-order valence-electron chi connectivity index (χ1n) is 9.83. The number of aryl methyl sites for hydroxylation is 1. The van der Waals surface area contributed by atoms with Crippen LogP contribution in [0.15, 0.2) is 84.8 Å². The first-order valence-corrected chi connectivity index (χ1v) is 14.9. The van der Waals surface area contributed by atoms with Gasteiger partial charge in [0.15, 0.2) is 0 Å². The molecule has 2 aromatic carbocycles. The van der Waals surface area contributed by atoms with Crippen LogP contribution < -0.4 is 5.32 Å². The number of nitrogens with zero attached hydrogens (tertiary/aromatic N) is 3. The summed E-state index contributed by atoms with van der Waals surface area (Å²) in [6.07, 6.45) is 5.94. The summed E-state index contributed by atoms with van der Waals surface area (Å²) >= 11 is 4.16. The minimum absolute atomic E-state index is 0.0873. The molecule has 0 amide bonds. The van der Waals surface area contributed by atoms with Crippen molar-refractivity contribution >= 4 is 53.7 Å². The van der Waals surface area contributed by atoms with Gasteiger partial charge < -0.3 is 0 Å². The summed E-state index contributed by atoms with van der Waals surface area (Å²) in [6, 6.07) is 12.3.